The van der Waals surface area contributed by atoms with Crippen LogP contribution in [0.1, 0.15) is 43.7 Å². The predicted octanol–water partition coefficient (Wildman–Crippen LogP) is 4.20. The summed E-state index contributed by atoms with van der Waals surface area (Å²) in [5.41, 5.74) is 2.57. The van der Waals surface area contributed by atoms with Crippen LogP contribution in [0.4, 0.5) is 5.13 Å². The molecule has 4 N–H and O–H groups in total. The van der Waals surface area contributed by atoms with Crippen LogP contribution < -0.4 is 10.6 Å². The molecule has 0 atom stereocenters. The number of piperidine rings is 1. The molecule has 0 unspecified atom stereocenters. The first-order chi connectivity index (χ1) is 15.3. The largest absolute Gasteiger partial charge is 0.481 e. The van der Waals surface area contributed by atoms with Gasteiger partial charge in [0.15, 0.2) is 5.13 Å². The summed E-state index contributed by atoms with van der Waals surface area (Å²) in [5.74, 6) is -0.744. The molecule has 1 fully saturated rings. The first kappa shape index (κ1) is 25.1. The second kappa shape index (κ2) is 12.6. The maximum atomic E-state index is 9.00. The van der Waals surface area contributed by atoms with Crippen LogP contribution in [0.15, 0.2) is 58.5 Å². The van der Waals surface area contributed by atoms with Crippen molar-refractivity contribution in [1.82, 2.24) is 10.3 Å². The number of furan rings is 1. The first-order valence-corrected chi connectivity index (χ1v) is 11.1. The van der Waals surface area contributed by atoms with Gasteiger partial charge in [0, 0.05) is 24.6 Å². The van der Waals surface area contributed by atoms with E-state index < -0.39 is 11.9 Å². The summed E-state index contributed by atoms with van der Waals surface area (Å²) >= 11 is 1.67. The number of hydrogen-bond donors (Lipinski definition) is 4. The minimum Gasteiger partial charge on any atom is -0.481 e. The summed E-state index contributed by atoms with van der Waals surface area (Å²) in [5, 5.41) is 24.8. The molecule has 0 radical (unpaired) electrons. The van der Waals surface area contributed by atoms with Gasteiger partial charge < -0.3 is 25.3 Å². The lowest BCUT2D eigenvalue weighted by Crippen LogP contribution is -2.41. The molecule has 1 aliphatic heterocycles. The van der Waals surface area contributed by atoms with Crippen molar-refractivity contribution < 1.29 is 24.2 Å². The van der Waals surface area contributed by atoms with E-state index in [1.54, 1.807) is 17.6 Å². The Bertz CT molecular complexity index is 931. The molecule has 1 saturated heterocycles. The normalized spacial score (nSPS) is 14.2. The molecular formula is C23H29N3O5S. The van der Waals surface area contributed by atoms with E-state index in [2.05, 4.69) is 46.3 Å². The van der Waals surface area contributed by atoms with Crippen molar-refractivity contribution in [2.45, 2.75) is 38.6 Å². The number of rotatable bonds is 5. The molecule has 3 heterocycles. The molecule has 0 aliphatic carbocycles. The summed E-state index contributed by atoms with van der Waals surface area (Å²) in [4.78, 5) is 22.9. The first-order valence-electron chi connectivity index (χ1n) is 10.2. The Labute approximate surface area is 191 Å². The van der Waals surface area contributed by atoms with Gasteiger partial charge in [-0.1, -0.05) is 30.3 Å². The molecule has 2 aromatic heterocycles. The highest BCUT2D eigenvalue weighted by Gasteiger charge is 2.37. The molecular weight excluding hydrogens is 430 g/mol. The molecule has 172 valence electrons. The number of carboxylic acids is 2. The number of anilines is 1. The summed E-state index contributed by atoms with van der Waals surface area (Å²) in [7, 11) is 0. The highest BCUT2D eigenvalue weighted by atomic mass is 32.1. The van der Waals surface area contributed by atoms with Gasteiger partial charge in [-0.25, -0.2) is 4.98 Å². The Balaban J connectivity index is 0.000000395. The molecule has 8 nitrogen and oxygen atoms in total. The third-order valence-electron chi connectivity index (χ3n) is 4.77. The molecule has 32 heavy (non-hydrogen) atoms. The molecule has 0 bridgehead atoms. The monoisotopic (exact) mass is 459 g/mol. The van der Waals surface area contributed by atoms with Crippen LogP contribution >= 0.6 is 11.3 Å². The molecule has 0 spiro atoms. The fraction of sp³-hybridized carbons (Fsp3) is 0.348. The molecule has 4 rings (SSSR count). The van der Waals surface area contributed by atoms with Gasteiger partial charge in [-0.05, 0) is 43.6 Å². The standard InChI is InChI=1S/C19H21N3OS.2C2H4O2/c1-2-5-15(6-3-1)19(8-10-20-11-9-19)17-14-24-18(22-17)21-13-16-7-4-12-23-16;2*1-2(3)4/h1-7,12,14,20H,8-11,13H2,(H,21,22);2*1H3,(H,3,4). The fourth-order valence-electron chi connectivity index (χ4n) is 3.45. The third-order valence-corrected chi connectivity index (χ3v) is 5.57. The van der Waals surface area contributed by atoms with Gasteiger partial charge in [-0.2, -0.15) is 0 Å². The second-order valence-corrected chi connectivity index (χ2v) is 8.07. The summed E-state index contributed by atoms with van der Waals surface area (Å²) < 4.78 is 5.37. The van der Waals surface area contributed by atoms with Crippen LogP contribution in [0.25, 0.3) is 0 Å². The number of carbonyl (C=O) groups is 2. The van der Waals surface area contributed by atoms with Crippen molar-refractivity contribution in [1.29, 1.82) is 0 Å². The molecule has 9 heteroatoms. The molecule has 1 aliphatic rings. The molecule has 0 amide bonds. The van der Waals surface area contributed by atoms with Gasteiger partial charge >= 0.3 is 0 Å². The highest BCUT2D eigenvalue weighted by Crippen LogP contribution is 2.41. The van der Waals surface area contributed by atoms with Gasteiger partial charge in [0.05, 0.1) is 18.5 Å². The van der Waals surface area contributed by atoms with Gasteiger partial charge in [-0.3, -0.25) is 9.59 Å². The van der Waals surface area contributed by atoms with Gasteiger partial charge in [-0.15, -0.1) is 11.3 Å². The fourth-order valence-corrected chi connectivity index (χ4v) is 4.26. The van der Waals surface area contributed by atoms with Crippen LogP contribution in [-0.4, -0.2) is 40.2 Å². The number of thiazole rings is 1. The Kier molecular flexibility index (Phi) is 9.90. The third kappa shape index (κ3) is 7.82. The van der Waals surface area contributed by atoms with E-state index in [4.69, 9.17) is 29.2 Å². The van der Waals surface area contributed by atoms with Gasteiger partial charge in [0.2, 0.25) is 0 Å². The Hall–Kier alpha value is -3.17. The quantitative estimate of drug-likeness (QED) is 0.447. The van der Waals surface area contributed by atoms with Gasteiger partial charge in [0.25, 0.3) is 11.9 Å². The summed E-state index contributed by atoms with van der Waals surface area (Å²) in [6.45, 7) is 4.89. The van der Waals surface area contributed by atoms with Crippen molar-refractivity contribution in [2.75, 3.05) is 18.4 Å². The van der Waals surface area contributed by atoms with Crippen LogP contribution in [0.5, 0.6) is 0 Å². The topological polar surface area (TPSA) is 125 Å². The van der Waals surface area contributed by atoms with E-state index in [0.717, 1.165) is 50.7 Å². The van der Waals surface area contributed by atoms with Crippen molar-refractivity contribution in [2.24, 2.45) is 0 Å². The second-order valence-electron chi connectivity index (χ2n) is 7.21. The summed E-state index contributed by atoms with van der Waals surface area (Å²) in [6.07, 6.45) is 3.86. The average Bonchev–Trinajstić information content (AvgIpc) is 3.45. The molecule has 0 saturated carbocycles. The Morgan fingerprint density at radius 3 is 2.28 bits per heavy atom. The number of carboxylic acid groups (broad SMARTS) is 2. The SMILES string of the molecule is CC(=O)O.CC(=O)O.c1ccc(C2(c3csc(NCc4ccco4)n3)CCNCC2)cc1. The van der Waals surface area contributed by atoms with Crippen LogP contribution in [0.3, 0.4) is 0 Å². The smallest absolute Gasteiger partial charge is 0.300 e. The minimum absolute atomic E-state index is 0.0215. The van der Waals surface area contributed by atoms with Crippen LogP contribution in [0.2, 0.25) is 0 Å². The van der Waals surface area contributed by atoms with Crippen molar-refractivity contribution >= 4 is 28.4 Å². The zero-order valence-electron chi connectivity index (χ0n) is 18.2. The van der Waals surface area contributed by atoms with Crippen molar-refractivity contribution in [3.8, 4) is 0 Å². The minimum atomic E-state index is -0.833. The average molecular weight is 460 g/mol. The Morgan fingerprint density at radius 2 is 1.72 bits per heavy atom. The van der Waals surface area contributed by atoms with Crippen molar-refractivity contribution in [3.63, 3.8) is 0 Å². The zero-order chi connectivity index (χ0) is 23.4. The number of benzene rings is 1. The van der Waals surface area contributed by atoms with E-state index >= 15 is 0 Å². The summed E-state index contributed by atoms with van der Waals surface area (Å²) in [6, 6.07) is 14.7. The maximum absolute atomic E-state index is 9.00. The number of nitrogens with zero attached hydrogens (tertiary/aromatic N) is 1. The van der Waals surface area contributed by atoms with Gasteiger partial charge in [0.1, 0.15) is 5.76 Å². The number of hydrogen-bond acceptors (Lipinski definition) is 7. The van der Waals surface area contributed by atoms with E-state index in [9.17, 15) is 0 Å². The lowest BCUT2D eigenvalue weighted by molar-refractivity contribution is -0.135. The van der Waals surface area contributed by atoms with E-state index in [1.165, 1.54) is 11.3 Å². The highest BCUT2D eigenvalue weighted by molar-refractivity contribution is 7.13. The molecule has 3 aromatic rings. The number of nitrogens with one attached hydrogen (secondary N) is 2. The van der Waals surface area contributed by atoms with Crippen LogP contribution in [-0.2, 0) is 21.5 Å². The number of aromatic nitrogens is 1. The van der Waals surface area contributed by atoms with E-state index in [-0.39, 0.29) is 5.41 Å². The lowest BCUT2D eigenvalue weighted by atomic mass is 9.71. The van der Waals surface area contributed by atoms with E-state index in [1.807, 2.05) is 12.1 Å². The maximum Gasteiger partial charge on any atom is 0.300 e. The lowest BCUT2D eigenvalue weighted by Gasteiger charge is -2.37. The van der Waals surface area contributed by atoms with E-state index in [0.29, 0.717) is 6.54 Å². The van der Waals surface area contributed by atoms with Crippen molar-refractivity contribution in [3.05, 3.63) is 71.1 Å². The Morgan fingerprint density at radius 1 is 1.09 bits per heavy atom. The number of aliphatic carboxylic acids is 2. The van der Waals surface area contributed by atoms with Crippen LogP contribution in [0, 0.1) is 0 Å². The zero-order valence-corrected chi connectivity index (χ0v) is 19.0. The predicted molar refractivity (Wildman–Crippen MR) is 124 cm³/mol. The molecule has 1 aromatic carbocycles.